The molecule has 1 N–H and O–H groups in total. The van der Waals surface area contributed by atoms with Crippen molar-refractivity contribution < 1.29 is 9.53 Å². The van der Waals surface area contributed by atoms with E-state index in [2.05, 4.69) is 12.2 Å². The lowest BCUT2D eigenvalue weighted by molar-refractivity contribution is 0.0935. The molecule has 0 bridgehead atoms. The van der Waals surface area contributed by atoms with Crippen molar-refractivity contribution in [3.63, 3.8) is 0 Å². The van der Waals surface area contributed by atoms with Crippen molar-refractivity contribution in [1.82, 2.24) is 5.32 Å². The van der Waals surface area contributed by atoms with Crippen molar-refractivity contribution in [2.45, 2.75) is 26.3 Å². The lowest BCUT2D eigenvalue weighted by Gasteiger charge is -2.17. The van der Waals surface area contributed by atoms with E-state index in [0.29, 0.717) is 12.2 Å². The SMILES string of the molecule is CCOc1cccc(C(=O)N[C@@H](CC)c2ccccc2)c1. The van der Waals surface area contributed by atoms with Gasteiger partial charge in [0, 0.05) is 5.56 Å². The minimum Gasteiger partial charge on any atom is -0.494 e. The maximum atomic E-state index is 12.4. The first kappa shape index (κ1) is 15.1. The van der Waals surface area contributed by atoms with Crippen molar-refractivity contribution in [3.05, 3.63) is 65.7 Å². The van der Waals surface area contributed by atoms with Gasteiger partial charge < -0.3 is 10.1 Å². The monoisotopic (exact) mass is 283 g/mol. The van der Waals surface area contributed by atoms with E-state index in [9.17, 15) is 4.79 Å². The number of amides is 1. The minimum absolute atomic E-state index is 0.0226. The maximum absolute atomic E-state index is 12.4. The first-order valence-electron chi connectivity index (χ1n) is 7.33. The summed E-state index contributed by atoms with van der Waals surface area (Å²) in [6.07, 6.45) is 0.848. The molecule has 0 aliphatic carbocycles. The van der Waals surface area contributed by atoms with E-state index in [1.807, 2.05) is 49.4 Å². The number of carbonyl (C=O) groups is 1. The van der Waals surface area contributed by atoms with Crippen molar-refractivity contribution >= 4 is 5.91 Å². The van der Waals surface area contributed by atoms with Gasteiger partial charge in [-0.3, -0.25) is 4.79 Å². The molecule has 0 spiro atoms. The second kappa shape index (κ2) is 7.48. The topological polar surface area (TPSA) is 38.3 Å². The third-order valence-corrected chi connectivity index (χ3v) is 3.32. The Balaban J connectivity index is 2.11. The Bertz CT molecular complexity index is 581. The second-order valence-corrected chi connectivity index (χ2v) is 4.81. The minimum atomic E-state index is -0.0766. The molecule has 110 valence electrons. The predicted molar refractivity (Wildman–Crippen MR) is 84.6 cm³/mol. The molecule has 0 aliphatic rings. The van der Waals surface area contributed by atoms with E-state index >= 15 is 0 Å². The number of carbonyl (C=O) groups excluding carboxylic acids is 1. The average molecular weight is 283 g/mol. The molecule has 2 rings (SSSR count). The molecule has 21 heavy (non-hydrogen) atoms. The lowest BCUT2D eigenvalue weighted by Crippen LogP contribution is -2.28. The zero-order chi connectivity index (χ0) is 15.1. The molecule has 0 radical (unpaired) electrons. The van der Waals surface area contributed by atoms with Crippen LogP contribution in [0.3, 0.4) is 0 Å². The molecule has 3 nitrogen and oxygen atoms in total. The van der Waals surface area contributed by atoms with Gasteiger partial charge in [-0.15, -0.1) is 0 Å². The normalized spacial score (nSPS) is 11.7. The zero-order valence-electron chi connectivity index (χ0n) is 12.5. The fourth-order valence-corrected chi connectivity index (χ4v) is 2.24. The Hall–Kier alpha value is -2.29. The molecule has 0 saturated heterocycles. The smallest absolute Gasteiger partial charge is 0.251 e. The molecule has 2 aromatic rings. The Morgan fingerprint density at radius 1 is 1.10 bits per heavy atom. The van der Waals surface area contributed by atoms with E-state index < -0.39 is 0 Å². The summed E-state index contributed by atoms with van der Waals surface area (Å²) in [6, 6.07) is 17.3. The van der Waals surface area contributed by atoms with E-state index in [-0.39, 0.29) is 11.9 Å². The van der Waals surface area contributed by atoms with Gasteiger partial charge in [-0.05, 0) is 37.1 Å². The van der Waals surface area contributed by atoms with Gasteiger partial charge in [-0.2, -0.15) is 0 Å². The van der Waals surface area contributed by atoms with Gasteiger partial charge in [-0.25, -0.2) is 0 Å². The summed E-state index contributed by atoms with van der Waals surface area (Å²) in [6.45, 7) is 4.58. The Morgan fingerprint density at radius 2 is 1.86 bits per heavy atom. The number of rotatable bonds is 6. The molecule has 2 aromatic carbocycles. The van der Waals surface area contributed by atoms with Gasteiger partial charge in [0.15, 0.2) is 0 Å². The summed E-state index contributed by atoms with van der Waals surface area (Å²) in [5.41, 5.74) is 1.74. The highest BCUT2D eigenvalue weighted by molar-refractivity contribution is 5.94. The van der Waals surface area contributed by atoms with Crippen LogP contribution in [0.4, 0.5) is 0 Å². The van der Waals surface area contributed by atoms with E-state index in [1.54, 1.807) is 12.1 Å². The van der Waals surface area contributed by atoms with Gasteiger partial charge in [0.2, 0.25) is 0 Å². The number of ether oxygens (including phenoxy) is 1. The molecule has 0 fully saturated rings. The van der Waals surface area contributed by atoms with Crippen LogP contribution in [0, 0.1) is 0 Å². The van der Waals surface area contributed by atoms with Gasteiger partial charge in [0.25, 0.3) is 5.91 Å². The molecule has 0 saturated carbocycles. The van der Waals surface area contributed by atoms with Crippen LogP contribution in [0.1, 0.15) is 42.2 Å². The van der Waals surface area contributed by atoms with Crippen molar-refractivity contribution in [1.29, 1.82) is 0 Å². The zero-order valence-corrected chi connectivity index (χ0v) is 12.5. The second-order valence-electron chi connectivity index (χ2n) is 4.81. The average Bonchev–Trinajstić information content (AvgIpc) is 2.54. The van der Waals surface area contributed by atoms with Crippen molar-refractivity contribution in [2.75, 3.05) is 6.61 Å². The molecule has 0 aliphatic heterocycles. The predicted octanol–water partition coefficient (Wildman–Crippen LogP) is 3.97. The van der Waals surface area contributed by atoms with Crippen LogP contribution in [0.2, 0.25) is 0 Å². The quantitative estimate of drug-likeness (QED) is 0.871. The first-order valence-corrected chi connectivity index (χ1v) is 7.33. The largest absolute Gasteiger partial charge is 0.494 e. The third-order valence-electron chi connectivity index (χ3n) is 3.32. The fraction of sp³-hybridized carbons (Fsp3) is 0.278. The van der Waals surface area contributed by atoms with Crippen LogP contribution in [0.5, 0.6) is 5.75 Å². The standard InChI is InChI=1S/C18H21NO2/c1-3-17(14-9-6-5-7-10-14)19-18(20)15-11-8-12-16(13-15)21-4-2/h5-13,17H,3-4H2,1-2H3,(H,19,20)/t17-/m0/s1. The van der Waals surface area contributed by atoms with Crippen LogP contribution >= 0.6 is 0 Å². The first-order chi connectivity index (χ1) is 10.2. The molecule has 0 heterocycles. The molecule has 1 amide bonds. The Morgan fingerprint density at radius 3 is 2.52 bits per heavy atom. The van der Waals surface area contributed by atoms with Crippen LogP contribution in [-0.2, 0) is 0 Å². The fourth-order valence-electron chi connectivity index (χ4n) is 2.24. The molecule has 3 heteroatoms. The van der Waals surface area contributed by atoms with Gasteiger partial charge in [0.05, 0.1) is 12.6 Å². The molecule has 0 aromatic heterocycles. The van der Waals surface area contributed by atoms with Crippen LogP contribution in [0.15, 0.2) is 54.6 Å². The molecular formula is C18H21NO2. The van der Waals surface area contributed by atoms with Crippen LogP contribution < -0.4 is 10.1 Å². The van der Waals surface area contributed by atoms with Gasteiger partial charge in [0.1, 0.15) is 5.75 Å². The van der Waals surface area contributed by atoms with E-state index in [4.69, 9.17) is 4.74 Å². The van der Waals surface area contributed by atoms with Crippen molar-refractivity contribution in [3.8, 4) is 5.75 Å². The van der Waals surface area contributed by atoms with E-state index in [0.717, 1.165) is 17.7 Å². The molecule has 1 atom stereocenters. The highest BCUT2D eigenvalue weighted by Gasteiger charge is 2.14. The Kier molecular flexibility index (Phi) is 5.38. The summed E-state index contributed by atoms with van der Waals surface area (Å²) in [5.74, 6) is 0.644. The van der Waals surface area contributed by atoms with Crippen LogP contribution in [0.25, 0.3) is 0 Å². The van der Waals surface area contributed by atoms with E-state index in [1.165, 1.54) is 0 Å². The summed E-state index contributed by atoms with van der Waals surface area (Å²) in [5, 5.41) is 3.07. The molecule has 0 unspecified atom stereocenters. The van der Waals surface area contributed by atoms with Crippen LogP contribution in [-0.4, -0.2) is 12.5 Å². The summed E-state index contributed by atoms with van der Waals surface area (Å²) >= 11 is 0. The summed E-state index contributed by atoms with van der Waals surface area (Å²) in [7, 11) is 0. The Labute approximate surface area is 126 Å². The van der Waals surface area contributed by atoms with Gasteiger partial charge in [-0.1, -0.05) is 43.3 Å². The number of nitrogens with one attached hydrogen (secondary N) is 1. The van der Waals surface area contributed by atoms with Gasteiger partial charge >= 0.3 is 0 Å². The third kappa shape index (κ3) is 4.09. The van der Waals surface area contributed by atoms with Crippen molar-refractivity contribution in [2.24, 2.45) is 0 Å². The molecular weight excluding hydrogens is 262 g/mol. The number of hydrogen-bond acceptors (Lipinski definition) is 2. The maximum Gasteiger partial charge on any atom is 0.251 e. The highest BCUT2D eigenvalue weighted by atomic mass is 16.5. The number of benzene rings is 2. The summed E-state index contributed by atoms with van der Waals surface area (Å²) in [4.78, 5) is 12.4. The highest BCUT2D eigenvalue weighted by Crippen LogP contribution is 2.18. The lowest BCUT2D eigenvalue weighted by atomic mass is 10.0. The summed E-state index contributed by atoms with van der Waals surface area (Å²) < 4.78 is 5.43. The number of hydrogen-bond donors (Lipinski definition) is 1.